The highest BCUT2D eigenvalue weighted by Gasteiger charge is 2.15. The zero-order valence-corrected chi connectivity index (χ0v) is 16.1. The largest absolute Gasteiger partial charge is 0.459 e. The van der Waals surface area contributed by atoms with Crippen molar-refractivity contribution in [1.82, 2.24) is 29.0 Å². The monoisotopic (exact) mass is 399 g/mol. The number of nitrogens with two attached hydrogens (primary N) is 1. The maximum absolute atomic E-state index is 12.2. The van der Waals surface area contributed by atoms with Crippen LogP contribution in [0, 0.1) is 13.8 Å². The molecule has 4 heterocycles. The standard InChI is InChI=1S/C17H17N7O3S/c1-9-12(10(2)24-16(19-9)21-15(18)22-24)3-4-14(26)27-8-11-7-13(25)23-5-6-28-17(23)20-11/h5-7H,3-4,8H2,1-2H3,(H2,18,22). The van der Waals surface area contributed by atoms with Crippen LogP contribution in [-0.2, 0) is 22.6 Å². The van der Waals surface area contributed by atoms with Crippen molar-refractivity contribution >= 4 is 34.0 Å². The van der Waals surface area contributed by atoms with Gasteiger partial charge in [0.25, 0.3) is 11.3 Å². The minimum absolute atomic E-state index is 0.0443. The van der Waals surface area contributed by atoms with Crippen LogP contribution in [0.25, 0.3) is 10.7 Å². The van der Waals surface area contributed by atoms with E-state index in [0.29, 0.717) is 22.9 Å². The molecule has 144 valence electrons. The predicted molar refractivity (Wildman–Crippen MR) is 102 cm³/mol. The van der Waals surface area contributed by atoms with Crippen LogP contribution >= 0.6 is 11.3 Å². The summed E-state index contributed by atoms with van der Waals surface area (Å²) >= 11 is 1.35. The highest BCUT2D eigenvalue weighted by molar-refractivity contribution is 7.15. The number of ether oxygens (including phenoxy) is 1. The van der Waals surface area contributed by atoms with E-state index in [-0.39, 0.29) is 30.5 Å². The molecule has 28 heavy (non-hydrogen) atoms. The zero-order valence-electron chi connectivity index (χ0n) is 15.2. The summed E-state index contributed by atoms with van der Waals surface area (Å²) in [6, 6.07) is 1.37. The van der Waals surface area contributed by atoms with Crippen LogP contribution in [0.5, 0.6) is 0 Å². The van der Waals surface area contributed by atoms with Crippen LogP contribution in [-0.4, -0.2) is 34.9 Å². The lowest BCUT2D eigenvalue weighted by Gasteiger charge is -2.10. The fourth-order valence-corrected chi connectivity index (χ4v) is 3.74. The molecule has 0 fully saturated rings. The summed E-state index contributed by atoms with van der Waals surface area (Å²) in [5.41, 5.74) is 8.35. The van der Waals surface area contributed by atoms with E-state index < -0.39 is 0 Å². The first-order valence-electron chi connectivity index (χ1n) is 8.52. The van der Waals surface area contributed by atoms with E-state index in [9.17, 15) is 9.59 Å². The van der Waals surface area contributed by atoms with Gasteiger partial charge in [-0.25, -0.2) is 9.97 Å². The predicted octanol–water partition coefficient (Wildman–Crippen LogP) is 1.07. The van der Waals surface area contributed by atoms with Crippen LogP contribution < -0.4 is 11.3 Å². The minimum Gasteiger partial charge on any atom is -0.459 e. The first-order chi connectivity index (χ1) is 13.4. The van der Waals surface area contributed by atoms with E-state index in [4.69, 9.17) is 10.5 Å². The minimum atomic E-state index is -0.384. The smallest absolute Gasteiger partial charge is 0.306 e. The molecule has 0 aliphatic rings. The molecular weight excluding hydrogens is 382 g/mol. The highest BCUT2D eigenvalue weighted by Crippen LogP contribution is 2.16. The molecule has 10 nitrogen and oxygen atoms in total. The number of aromatic nitrogens is 6. The van der Waals surface area contributed by atoms with E-state index in [2.05, 4.69) is 20.1 Å². The summed E-state index contributed by atoms with van der Waals surface area (Å²) in [4.78, 5) is 37.4. The van der Waals surface area contributed by atoms with Crippen LogP contribution in [0.1, 0.15) is 29.1 Å². The number of anilines is 1. The van der Waals surface area contributed by atoms with Crippen molar-refractivity contribution in [2.24, 2.45) is 0 Å². The molecule has 0 aliphatic carbocycles. The molecular formula is C17H17N7O3S. The third-order valence-electron chi connectivity index (χ3n) is 4.38. The summed E-state index contributed by atoms with van der Waals surface area (Å²) in [5.74, 6) is 0.197. The number of hydrogen-bond donors (Lipinski definition) is 1. The van der Waals surface area contributed by atoms with Crippen LogP contribution in [0.3, 0.4) is 0 Å². The molecule has 4 aromatic heterocycles. The first kappa shape index (κ1) is 18.0. The van der Waals surface area contributed by atoms with Gasteiger partial charge in [-0.2, -0.15) is 9.50 Å². The number of thiazole rings is 1. The van der Waals surface area contributed by atoms with Crippen molar-refractivity contribution in [2.45, 2.75) is 33.3 Å². The number of carbonyl (C=O) groups excluding carboxylic acids is 1. The van der Waals surface area contributed by atoms with Gasteiger partial charge in [0, 0.05) is 35.5 Å². The molecule has 4 aromatic rings. The molecule has 0 aromatic carbocycles. The summed E-state index contributed by atoms with van der Waals surface area (Å²) in [7, 11) is 0. The number of aryl methyl sites for hydroxylation is 2. The van der Waals surface area contributed by atoms with E-state index in [1.54, 1.807) is 16.1 Å². The van der Waals surface area contributed by atoms with Gasteiger partial charge in [-0.05, 0) is 25.8 Å². The van der Waals surface area contributed by atoms with Crippen LogP contribution in [0.15, 0.2) is 22.4 Å². The number of nitrogens with zero attached hydrogens (tertiary/aromatic N) is 6. The van der Waals surface area contributed by atoms with Crippen molar-refractivity contribution in [1.29, 1.82) is 0 Å². The van der Waals surface area contributed by atoms with E-state index >= 15 is 0 Å². The highest BCUT2D eigenvalue weighted by atomic mass is 32.1. The lowest BCUT2D eigenvalue weighted by atomic mass is 10.1. The number of nitrogen functional groups attached to an aromatic ring is 1. The first-order valence-corrected chi connectivity index (χ1v) is 9.40. The summed E-state index contributed by atoms with van der Waals surface area (Å²) in [5, 5.41) is 5.89. The maximum atomic E-state index is 12.2. The Hall–Kier alpha value is -3.34. The summed E-state index contributed by atoms with van der Waals surface area (Å²) < 4.78 is 8.29. The third kappa shape index (κ3) is 3.31. The Morgan fingerprint density at radius 1 is 1.29 bits per heavy atom. The molecule has 0 saturated carbocycles. The van der Waals surface area contributed by atoms with Crippen LogP contribution in [0.4, 0.5) is 5.95 Å². The number of rotatable bonds is 5. The van der Waals surface area contributed by atoms with Gasteiger partial charge in [0.05, 0.1) is 5.69 Å². The van der Waals surface area contributed by atoms with Crippen LogP contribution in [0.2, 0.25) is 0 Å². The van der Waals surface area contributed by atoms with Crippen molar-refractivity contribution in [3.05, 3.63) is 50.6 Å². The Balaban J connectivity index is 1.43. The molecule has 2 N–H and O–H groups in total. The Morgan fingerprint density at radius 3 is 2.93 bits per heavy atom. The molecule has 0 saturated heterocycles. The van der Waals surface area contributed by atoms with Gasteiger partial charge >= 0.3 is 5.97 Å². The molecule has 0 unspecified atom stereocenters. The second-order valence-electron chi connectivity index (χ2n) is 6.24. The fraction of sp³-hybridized carbons (Fsp3) is 0.294. The van der Waals surface area contributed by atoms with Crippen molar-refractivity contribution in [3.8, 4) is 0 Å². The van der Waals surface area contributed by atoms with Gasteiger partial charge in [-0.15, -0.1) is 16.4 Å². The summed E-state index contributed by atoms with van der Waals surface area (Å²) in [6.07, 6.45) is 2.27. The Kier molecular flexibility index (Phi) is 4.51. The maximum Gasteiger partial charge on any atom is 0.306 e. The van der Waals surface area contributed by atoms with Gasteiger partial charge in [0.1, 0.15) is 6.61 Å². The molecule has 0 amide bonds. The molecule has 11 heteroatoms. The second kappa shape index (κ2) is 7.00. The van der Waals surface area contributed by atoms with Crippen molar-refractivity contribution in [3.63, 3.8) is 0 Å². The molecule has 0 bridgehead atoms. The van der Waals surface area contributed by atoms with Gasteiger partial charge in [0.2, 0.25) is 5.95 Å². The lowest BCUT2D eigenvalue weighted by Crippen LogP contribution is -2.15. The Morgan fingerprint density at radius 2 is 2.11 bits per heavy atom. The molecule has 0 aliphatic heterocycles. The second-order valence-corrected chi connectivity index (χ2v) is 7.12. The van der Waals surface area contributed by atoms with Gasteiger partial charge in [-0.3, -0.25) is 14.0 Å². The van der Waals surface area contributed by atoms with Crippen molar-refractivity contribution < 1.29 is 9.53 Å². The molecule has 0 atom stereocenters. The number of esters is 1. The SMILES string of the molecule is Cc1nc2nc(N)nn2c(C)c1CCC(=O)OCc1cc(=O)n2ccsc2n1. The molecule has 0 radical (unpaired) electrons. The summed E-state index contributed by atoms with van der Waals surface area (Å²) in [6.45, 7) is 3.69. The average Bonchev–Trinajstić information content (AvgIpc) is 3.26. The van der Waals surface area contributed by atoms with Gasteiger partial charge < -0.3 is 10.5 Å². The Bertz CT molecular complexity index is 1260. The Labute approximate surface area is 162 Å². The van der Waals surface area contributed by atoms with Crippen molar-refractivity contribution in [2.75, 3.05) is 5.73 Å². The van der Waals surface area contributed by atoms with E-state index in [1.165, 1.54) is 21.8 Å². The lowest BCUT2D eigenvalue weighted by molar-refractivity contribution is -0.145. The van der Waals surface area contributed by atoms with E-state index in [1.807, 2.05) is 13.8 Å². The number of carbonyl (C=O) groups is 1. The fourth-order valence-electron chi connectivity index (χ4n) is 3.00. The molecule has 0 spiro atoms. The van der Waals surface area contributed by atoms with Gasteiger partial charge in [0.15, 0.2) is 4.96 Å². The molecule has 4 rings (SSSR count). The van der Waals surface area contributed by atoms with Gasteiger partial charge in [-0.1, -0.05) is 0 Å². The average molecular weight is 399 g/mol. The third-order valence-corrected chi connectivity index (χ3v) is 5.14. The topological polar surface area (TPSA) is 130 Å². The van der Waals surface area contributed by atoms with E-state index in [0.717, 1.165) is 17.0 Å². The quantitative estimate of drug-likeness (QED) is 0.493. The number of hydrogen-bond acceptors (Lipinski definition) is 9. The zero-order chi connectivity index (χ0) is 19.8. The number of fused-ring (bicyclic) bond motifs is 2. The normalized spacial score (nSPS) is 11.4.